The van der Waals surface area contributed by atoms with Gasteiger partial charge in [-0.1, -0.05) is 0 Å². The monoisotopic (exact) mass is 250 g/mol. The molecular formula is C11H14N4O3. The molecule has 0 aromatic carbocycles. The molecule has 1 amide bonds. The highest BCUT2D eigenvalue weighted by Gasteiger charge is 2.24. The lowest BCUT2D eigenvalue weighted by atomic mass is 10.2. The van der Waals surface area contributed by atoms with Crippen LogP contribution in [0, 0.1) is 17.0 Å². The lowest BCUT2D eigenvalue weighted by molar-refractivity contribution is -0.384. The van der Waals surface area contributed by atoms with E-state index in [1.807, 2.05) is 0 Å². The summed E-state index contributed by atoms with van der Waals surface area (Å²) in [5, 5.41) is 16.4. The van der Waals surface area contributed by atoms with Crippen LogP contribution in [0.5, 0.6) is 0 Å². The van der Waals surface area contributed by atoms with Gasteiger partial charge in [-0.25, -0.2) is 4.98 Å². The smallest absolute Gasteiger partial charge is 0.314 e. The first-order valence-corrected chi connectivity index (χ1v) is 5.71. The van der Waals surface area contributed by atoms with Crippen LogP contribution in [0.2, 0.25) is 0 Å². The van der Waals surface area contributed by atoms with Crippen molar-refractivity contribution in [1.82, 2.24) is 10.3 Å². The molecule has 0 atom stereocenters. The second kappa shape index (κ2) is 4.99. The maximum absolute atomic E-state index is 11.5. The molecule has 18 heavy (non-hydrogen) atoms. The van der Waals surface area contributed by atoms with Gasteiger partial charge in [-0.3, -0.25) is 14.9 Å². The van der Waals surface area contributed by atoms with Crippen molar-refractivity contribution in [3.05, 3.63) is 27.9 Å². The maximum atomic E-state index is 11.5. The highest BCUT2D eigenvalue weighted by atomic mass is 16.6. The van der Waals surface area contributed by atoms with Crippen molar-refractivity contribution in [2.75, 3.05) is 11.9 Å². The molecule has 0 unspecified atom stereocenters. The van der Waals surface area contributed by atoms with E-state index in [-0.39, 0.29) is 30.0 Å². The number of aryl methyl sites for hydroxylation is 1. The normalized spacial score (nSPS) is 14.1. The van der Waals surface area contributed by atoms with Crippen molar-refractivity contribution in [1.29, 1.82) is 0 Å². The van der Waals surface area contributed by atoms with Crippen molar-refractivity contribution >= 4 is 17.4 Å². The molecule has 96 valence electrons. The Morgan fingerprint density at radius 3 is 2.94 bits per heavy atom. The van der Waals surface area contributed by atoms with Crippen LogP contribution in [-0.2, 0) is 4.79 Å². The van der Waals surface area contributed by atoms with E-state index in [0.29, 0.717) is 5.56 Å². The lowest BCUT2D eigenvalue weighted by Crippen LogP contribution is -2.31. The molecule has 0 bridgehead atoms. The van der Waals surface area contributed by atoms with E-state index in [4.69, 9.17) is 0 Å². The third-order valence-electron chi connectivity index (χ3n) is 2.67. The van der Waals surface area contributed by atoms with Gasteiger partial charge in [0, 0.05) is 17.8 Å². The molecule has 2 rings (SSSR count). The Hall–Kier alpha value is -2.18. The van der Waals surface area contributed by atoms with Crippen molar-refractivity contribution in [2.45, 2.75) is 25.8 Å². The zero-order chi connectivity index (χ0) is 13.1. The molecule has 2 N–H and O–H groups in total. The molecule has 1 aromatic heterocycles. The van der Waals surface area contributed by atoms with Crippen LogP contribution in [0.1, 0.15) is 18.4 Å². The second-order valence-corrected chi connectivity index (χ2v) is 4.28. The van der Waals surface area contributed by atoms with Crippen LogP contribution in [0.15, 0.2) is 12.3 Å². The first kappa shape index (κ1) is 12.3. The largest absolute Gasteiger partial charge is 0.355 e. The lowest BCUT2D eigenvalue weighted by Gasteiger charge is -2.07. The number of carbonyl (C=O) groups is 1. The van der Waals surface area contributed by atoms with Gasteiger partial charge in [-0.05, 0) is 25.8 Å². The first-order valence-electron chi connectivity index (χ1n) is 5.71. The van der Waals surface area contributed by atoms with Crippen molar-refractivity contribution < 1.29 is 9.72 Å². The van der Waals surface area contributed by atoms with Gasteiger partial charge in [0.2, 0.25) is 11.7 Å². The number of rotatable bonds is 5. The molecule has 0 spiro atoms. The fourth-order valence-corrected chi connectivity index (χ4v) is 1.58. The summed E-state index contributed by atoms with van der Waals surface area (Å²) >= 11 is 0. The molecule has 7 heteroatoms. The Kier molecular flexibility index (Phi) is 3.40. The number of hydrogen-bond acceptors (Lipinski definition) is 5. The molecule has 1 aliphatic carbocycles. The first-order chi connectivity index (χ1) is 8.58. The number of nitrogens with zero attached hydrogens (tertiary/aromatic N) is 2. The number of carbonyl (C=O) groups excluding carboxylic acids is 1. The summed E-state index contributed by atoms with van der Waals surface area (Å²) in [6.45, 7) is 1.63. The second-order valence-electron chi connectivity index (χ2n) is 4.28. The number of aromatic nitrogens is 1. The molecule has 1 aliphatic rings. The summed E-state index contributed by atoms with van der Waals surface area (Å²) < 4.78 is 0. The molecule has 0 aliphatic heterocycles. The predicted octanol–water partition coefficient (Wildman–Crippen LogP) is 0.989. The van der Waals surface area contributed by atoms with Gasteiger partial charge in [0.15, 0.2) is 0 Å². The number of anilines is 1. The zero-order valence-electron chi connectivity index (χ0n) is 9.97. The fraction of sp³-hybridized carbons (Fsp3) is 0.455. The molecule has 0 radical (unpaired) electrons. The van der Waals surface area contributed by atoms with Gasteiger partial charge < -0.3 is 10.6 Å². The van der Waals surface area contributed by atoms with Crippen molar-refractivity contribution in [3.63, 3.8) is 0 Å². The average molecular weight is 250 g/mol. The van der Waals surface area contributed by atoms with Gasteiger partial charge in [0.05, 0.1) is 11.5 Å². The van der Waals surface area contributed by atoms with Gasteiger partial charge >= 0.3 is 5.69 Å². The van der Waals surface area contributed by atoms with E-state index in [2.05, 4.69) is 15.6 Å². The minimum Gasteiger partial charge on any atom is -0.355 e. The Morgan fingerprint density at radius 1 is 1.61 bits per heavy atom. The number of amides is 1. The summed E-state index contributed by atoms with van der Waals surface area (Å²) in [7, 11) is 0. The van der Waals surface area contributed by atoms with Crippen LogP contribution in [0.3, 0.4) is 0 Å². The molecule has 0 saturated heterocycles. The standard InChI is InChI=1S/C11H14N4O3/c1-7-4-5-12-11(10(7)15(17)18)13-6-9(16)14-8-2-3-8/h4-5,8H,2-3,6H2,1H3,(H,12,13)(H,14,16). The van der Waals surface area contributed by atoms with E-state index < -0.39 is 4.92 Å². The Bertz CT molecular complexity index is 485. The highest BCUT2D eigenvalue weighted by molar-refractivity contribution is 5.81. The zero-order valence-corrected chi connectivity index (χ0v) is 9.97. The Labute approximate surface area is 104 Å². The Balaban J connectivity index is 2.01. The quantitative estimate of drug-likeness (QED) is 0.600. The van der Waals surface area contributed by atoms with Gasteiger partial charge in [-0.15, -0.1) is 0 Å². The third-order valence-corrected chi connectivity index (χ3v) is 2.67. The fourth-order valence-electron chi connectivity index (χ4n) is 1.58. The highest BCUT2D eigenvalue weighted by Crippen LogP contribution is 2.25. The third kappa shape index (κ3) is 2.93. The van der Waals surface area contributed by atoms with Crippen LogP contribution in [0.25, 0.3) is 0 Å². The summed E-state index contributed by atoms with van der Waals surface area (Å²) in [5.41, 5.74) is 0.428. The van der Waals surface area contributed by atoms with E-state index in [9.17, 15) is 14.9 Å². The number of hydrogen-bond donors (Lipinski definition) is 2. The topological polar surface area (TPSA) is 97.2 Å². The van der Waals surface area contributed by atoms with E-state index in [1.54, 1.807) is 13.0 Å². The van der Waals surface area contributed by atoms with Crippen LogP contribution in [-0.4, -0.2) is 28.4 Å². The minimum absolute atomic E-state index is 0.00616. The van der Waals surface area contributed by atoms with Crippen LogP contribution >= 0.6 is 0 Å². The van der Waals surface area contributed by atoms with Crippen molar-refractivity contribution in [2.24, 2.45) is 0 Å². The van der Waals surface area contributed by atoms with Crippen LogP contribution < -0.4 is 10.6 Å². The minimum atomic E-state index is -0.497. The molecule has 1 heterocycles. The number of pyridine rings is 1. The van der Waals surface area contributed by atoms with E-state index in [1.165, 1.54) is 6.20 Å². The summed E-state index contributed by atoms with van der Waals surface area (Å²) in [4.78, 5) is 25.8. The molecule has 1 aromatic rings. The van der Waals surface area contributed by atoms with Gasteiger partial charge in [0.1, 0.15) is 0 Å². The van der Waals surface area contributed by atoms with Gasteiger partial charge in [0.25, 0.3) is 0 Å². The molecule has 7 nitrogen and oxygen atoms in total. The van der Waals surface area contributed by atoms with Crippen molar-refractivity contribution in [3.8, 4) is 0 Å². The summed E-state index contributed by atoms with van der Waals surface area (Å²) in [5.74, 6) is -0.0407. The van der Waals surface area contributed by atoms with Gasteiger partial charge in [-0.2, -0.15) is 0 Å². The molecular weight excluding hydrogens is 236 g/mol. The van der Waals surface area contributed by atoms with E-state index in [0.717, 1.165) is 12.8 Å². The van der Waals surface area contributed by atoms with E-state index >= 15 is 0 Å². The summed E-state index contributed by atoms with van der Waals surface area (Å²) in [6.07, 6.45) is 3.49. The Morgan fingerprint density at radius 2 is 2.33 bits per heavy atom. The molecule has 1 saturated carbocycles. The predicted molar refractivity (Wildman–Crippen MR) is 65.3 cm³/mol. The summed E-state index contributed by atoms with van der Waals surface area (Å²) in [6, 6.07) is 1.84. The molecule has 1 fully saturated rings. The SMILES string of the molecule is Cc1ccnc(NCC(=O)NC2CC2)c1[N+](=O)[O-]. The average Bonchev–Trinajstić information content (AvgIpc) is 3.09. The maximum Gasteiger partial charge on any atom is 0.314 e. The van der Waals surface area contributed by atoms with Crippen LogP contribution in [0.4, 0.5) is 11.5 Å². The number of nitrogens with one attached hydrogen (secondary N) is 2. The number of nitro groups is 1.